The normalized spacial score (nSPS) is 11.0. The number of hydrogen-bond donors (Lipinski definition) is 0. The van der Waals surface area contributed by atoms with Crippen LogP contribution in [0.1, 0.15) is 28.1 Å². The van der Waals surface area contributed by atoms with Crippen LogP contribution in [0.5, 0.6) is 0 Å². The van der Waals surface area contributed by atoms with Gasteiger partial charge in [0.2, 0.25) is 0 Å². The van der Waals surface area contributed by atoms with E-state index in [9.17, 15) is 5.26 Å². The molecule has 0 unspecified atom stereocenters. The summed E-state index contributed by atoms with van der Waals surface area (Å²) in [6.07, 6.45) is 5.30. The number of rotatable bonds is 6. The standard InChI is InChI=1S/C30H30N8/c1-19-13-27(36(4)5)33-17-25(19)29-21(3)35-38-28(14-20(2)34-30(29)38)37(6)18-22-7-9-23(10-8-22)26-16-32-12-11-24(26)15-31/h7-14,16-17H,18H2,1-6H3. The summed E-state index contributed by atoms with van der Waals surface area (Å²) in [7, 11) is 6.04. The van der Waals surface area contributed by atoms with Crippen molar-refractivity contribution in [3.05, 3.63) is 89.1 Å². The summed E-state index contributed by atoms with van der Waals surface area (Å²) >= 11 is 0. The van der Waals surface area contributed by atoms with E-state index in [0.717, 1.165) is 62.1 Å². The van der Waals surface area contributed by atoms with Crippen LogP contribution in [-0.4, -0.2) is 45.7 Å². The summed E-state index contributed by atoms with van der Waals surface area (Å²) in [5, 5.41) is 14.3. The summed E-state index contributed by atoms with van der Waals surface area (Å²) in [5.41, 5.74) is 9.41. The highest BCUT2D eigenvalue weighted by atomic mass is 15.3. The second kappa shape index (κ2) is 9.94. The van der Waals surface area contributed by atoms with Crippen LogP contribution in [0.2, 0.25) is 0 Å². The average Bonchev–Trinajstić information content (AvgIpc) is 3.23. The quantitative estimate of drug-likeness (QED) is 0.309. The van der Waals surface area contributed by atoms with Crippen molar-refractivity contribution in [1.82, 2.24) is 24.6 Å². The largest absolute Gasteiger partial charge is 0.363 e. The van der Waals surface area contributed by atoms with E-state index >= 15 is 0 Å². The molecule has 190 valence electrons. The lowest BCUT2D eigenvalue weighted by Crippen LogP contribution is -2.20. The van der Waals surface area contributed by atoms with Gasteiger partial charge in [-0.3, -0.25) is 4.98 Å². The monoisotopic (exact) mass is 502 g/mol. The second-order valence-electron chi connectivity index (χ2n) is 9.79. The van der Waals surface area contributed by atoms with Gasteiger partial charge >= 0.3 is 0 Å². The Morgan fingerprint density at radius 3 is 2.39 bits per heavy atom. The average molecular weight is 503 g/mol. The fourth-order valence-corrected chi connectivity index (χ4v) is 4.73. The van der Waals surface area contributed by atoms with Gasteiger partial charge in [0.05, 0.1) is 22.9 Å². The van der Waals surface area contributed by atoms with Gasteiger partial charge in [-0.15, -0.1) is 0 Å². The molecule has 0 aliphatic rings. The molecule has 0 fully saturated rings. The molecule has 4 aromatic heterocycles. The predicted octanol–water partition coefficient (Wildman–Crippen LogP) is 5.35. The third-order valence-corrected chi connectivity index (χ3v) is 6.71. The van der Waals surface area contributed by atoms with Crippen LogP contribution in [0, 0.1) is 32.1 Å². The Labute approximate surface area is 222 Å². The zero-order valence-corrected chi connectivity index (χ0v) is 22.6. The molecule has 8 heteroatoms. The van der Waals surface area contributed by atoms with E-state index in [1.165, 1.54) is 0 Å². The van der Waals surface area contributed by atoms with Gasteiger partial charge < -0.3 is 9.80 Å². The maximum absolute atomic E-state index is 9.43. The first-order valence-electron chi connectivity index (χ1n) is 12.4. The molecule has 0 spiro atoms. The Morgan fingerprint density at radius 1 is 0.947 bits per heavy atom. The topological polar surface area (TPSA) is 86.2 Å². The lowest BCUT2D eigenvalue weighted by Gasteiger charge is -2.21. The van der Waals surface area contributed by atoms with Gasteiger partial charge in [-0.2, -0.15) is 14.9 Å². The smallest absolute Gasteiger partial charge is 0.165 e. The summed E-state index contributed by atoms with van der Waals surface area (Å²) in [4.78, 5) is 17.9. The van der Waals surface area contributed by atoms with Gasteiger partial charge in [0.1, 0.15) is 11.6 Å². The summed E-state index contributed by atoms with van der Waals surface area (Å²) in [6.45, 7) is 6.82. The van der Waals surface area contributed by atoms with Crippen LogP contribution in [-0.2, 0) is 6.54 Å². The highest BCUT2D eigenvalue weighted by molar-refractivity contribution is 5.83. The molecule has 0 aliphatic carbocycles. The van der Waals surface area contributed by atoms with Crippen LogP contribution in [0.3, 0.4) is 0 Å². The second-order valence-corrected chi connectivity index (χ2v) is 9.79. The number of anilines is 2. The number of nitrogens with zero attached hydrogens (tertiary/aromatic N) is 8. The van der Waals surface area contributed by atoms with E-state index in [2.05, 4.69) is 59.2 Å². The number of nitriles is 1. The van der Waals surface area contributed by atoms with Crippen molar-refractivity contribution < 1.29 is 0 Å². The molecule has 0 saturated heterocycles. The number of fused-ring (bicyclic) bond motifs is 1. The third-order valence-electron chi connectivity index (χ3n) is 6.71. The molecule has 0 radical (unpaired) electrons. The number of benzene rings is 1. The number of hydrogen-bond acceptors (Lipinski definition) is 7. The van der Waals surface area contributed by atoms with Crippen LogP contribution >= 0.6 is 0 Å². The molecule has 1 aromatic carbocycles. The van der Waals surface area contributed by atoms with E-state index in [-0.39, 0.29) is 0 Å². The van der Waals surface area contributed by atoms with Crippen LogP contribution in [0.25, 0.3) is 27.9 Å². The Hall–Kier alpha value is -4.77. The molecular formula is C30H30N8. The lowest BCUT2D eigenvalue weighted by atomic mass is 10.0. The van der Waals surface area contributed by atoms with Crippen molar-refractivity contribution in [3.63, 3.8) is 0 Å². The van der Waals surface area contributed by atoms with Crippen LogP contribution in [0.15, 0.2) is 61.1 Å². The van der Waals surface area contributed by atoms with Gasteiger partial charge in [0, 0.05) is 69.2 Å². The first-order valence-corrected chi connectivity index (χ1v) is 12.4. The molecule has 5 aromatic rings. The minimum absolute atomic E-state index is 0.617. The van der Waals surface area contributed by atoms with Crippen LogP contribution in [0.4, 0.5) is 11.6 Å². The third kappa shape index (κ3) is 4.55. The van der Waals surface area contributed by atoms with Crippen LogP contribution < -0.4 is 9.80 Å². The maximum Gasteiger partial charge on any atom is 0.165 e. The first-order chi connectivity index (χ1) is 18.3. The Kier molecular flexibility index (Phi) is 6.52. The molecule has 38 heavy (non-hydrogen) atoms. The summed E-state index contributed by atoms with van der Waals surface area (Å²) in [5.74, 6) is 1.88. The van der Waals surface area contributed by atoms with Gasteiger partial charge in [-0.05, 0) is 49.6 Å². The zero-order valence-electron chi connectivity index (χ0n) is 22.6. The molecule has 0 saturated carbocycles. The number of pyridine rings is 2. The van der Waals surface area contributed by atoms with E-state index in [1.807, 2.05) is 55.7 Å². The Morgan fingerprint density at radius 2 is 1.71 bits per heavy atom. The highest BCUT2D eigenvalue weighted by Crippen LogP contribution is 2.33. The highest BCUT2D eigenvalue weighted by Gasteiger charge is 2.20. The van der Waals surface area contributed by atoms with Crippen molar-refractivity contribution in [2.75, 3.05) is 30.9 Å². The molecule has 0 bridgehead atoms. The Balaban J connectivity index is 1.49. The minimum atomic E-state index is 0.617. The Bertz CT molecular complexity index is 1680. The van der Waals surface area contributed by atoms with Crippen molar-refractivity contribution in [3.8, 4) is 28.3 Å². The maximum atomic E-state index is 9.43. The van der Waals surface area contributed by atoms with Crippen molar-refractivity contribution >= 4 is 17.3 Å². The number of aromatic nitrogens is 5. The molecule has 0 aliphatic heterocycles. The zero-order chi connectivity index (χ0) is 27.0. The van der Waals surface area contributed by atoms with Gasteiger partial charge in [-0.1, -0.05) is 24.3 Å². The fourth-order valence-electron chi connectivity index (χ4n) is 4.73. The van der Waals surface area contributed by atoms with Gasteiger partial charge in [-0.25, -0.2) is 9.97 Å². The summed E-state index contributed by atoms with van der Waals surface area (Å²) < 4.78 is 1.93. The van der Waals surface area contributed by atoms with E-state index in [4.69, 9.17) is 10.1 Å². The molecule has 0 amide bonds. The van der Waals surface area contributed by atoms with Crippen molar-refractivity contribution in [2.24, 2.45) is 0 Å². The first kappa shape index (κ1) is 24.9. The van der Waals surface area contributed by atoms with E-state index in [0.29, 0.717) is 12.1 Å². The van der Waals surface area contributed by atoms with Crippen molar-refractivity contribution in [1.29, 1.82) is 5.26 Å². The molecule has 0 atom stereocenters. The minimum Gasteiger partial charge on any atom is -0.363 e. The predicted molar refractivity (Wildman–Crippen MR) is 151 cm³/mol. The van der Waals surface area contributed by atoms with Gasteiger partial charge in [0.15, 0.2) is 5.65 Å². The molecule has 4 heterocycles. The van der Waals surface area contributed by atoms with E-state index < -0.39 is 0 Å². The molecule has 5 rings (SSSR count). The van der Waals surface area contributed by atoms with E-state index in [1.54, 1.807) is 18.5 Å². The molecule has 0 N–H and O–H groups in total. The lowest BCUT2D eigenvalue weighted by molar-refractivity contribution is 0.821. The SMILES string of the molecule is Cc1cc(N(C)Cc2ccc(-c3cnccc3C#N)cc2)n2nc(C)c(-c3cnc(N(C)C)cc3C)c2n1. The number of aryl methyl sites for hydroxylation is 3. The summed E-state index contributed by atoms with van der Waals surface area (Å²) in [6, 6.07) is 16.4. The van der Waals surface area contributed by atoms with Crippen molar-refractivity contribution in [2.45, 2.75) is 27.3 Å². The fraction of sp³-hybridized carbons (Fsp3) is 0.233. The molecule has 8 nitrogen and oxygen atoms in total. The van der Waals surface area contributed by atoms with Gasteiger partial charge in [0.25, 0.3) is 0 Å². The molecular weight excluding hydrogens is 472 g/mol.